The number of carbonyl (C=O) groups excluding carboxylic acids is 2. The Morgan fingerprint density at radius 3 is 2.18 bits per heavy atom. The lowest BCUT2D eigenvalue weighted by Crippen LogP contribution is -2.20. The molecule has 4 rings (SSSR count). The van der Waals surface area contributed by atoms with Crippen LogP contribution in [0.15, 0.2) is 83.3 Å². The molecular weight excluding hydrogens is 483 g/mol. The summed E-state index contributed by atoms with van der Waals surface area (Å²) in [6.07, 6.45) is 0.762. The minimum Gasteiger partial charge on any atom is -0.331 e. The molecule has 0 saturated carbocycles. The molecule has 33 heavy (non-hydrogen) atoms. The summed E-state index contributed by atoms with van der Waals surface area (Å²) in [7, 11) is 0. The van der Waals surface area contributed by atoms with Crippen molar-refractivity contribution < 1.29 is 14.0 Å². The highest BCUT2D eigenvalue weighted by Crippen LogP contribution is 2.43. The van der Waals surface area contributed by atoms with Gasteiger partial charge in [-0.05, 0) is 55.3 Å². The first-order valence-corrected chi connectivity index (χ1v) is 11.3. The molecule has 0 bridgehead atoms. The molecule has 1 amide bonds. The Hall–Kier alpha value is -3.51. The Balaban J connectivity index is 2.07. The maximum atomic E-state index is 13.7. The first-order valence-electron chi connectivity index (χ1n) is 10.5. The zero-order valence-corrected chi connectivity index (χ0v) is 19.8. The van der Waals surface area contributed by atoms with Crippen molar-refractivity contribution >= 4 is 33.8 Å². The molecule has 0 fully saturated rings. The monoisotopic (exact) mass is 504 g/mol. The number of aldehydes is 1. The highest BCUT2D eigenvalue weighted by Gasteiger charge is 2.30. The molecule has 4 aromatic rings. The number of nitrogens with zero attached hydrogens (tertiary/aromatic N) is 1. The summed E-state index contributed by atoms with van der Waals surface area (Å²) in [6, 6.07) is 22.5. The van der Waals surface area contributed by atoms with Gasteiger partial charge in [-0.25, -0.2) is 4.39 Å². The fourth-order valence-electron chi connectivity index (χ4n) is 4.03. The quantitative estimate of drug-likeness (QED) is 0.278. The Morgan fingerprint density at radius 2 is 1.58 bits per heavy atom. The molecule has 0 atom stereocenters. The number of carbonyl (C=O) groups is 2. The predicted molar refractivity (Wildman–Crippen MR) is 133 cm³/mol. The van der Waals surface area contributed by atoms with Gasteiger partial charge in [-0.3, -0.25) is 9.59 Å². The molecule has 6 heteroatoms. The fourth-order valence-corrected chi connectivity index (χ4v) is 4.51. The molecule has 1 heterocycles. The van der Waals surface area contributed by atoms with Gasteiger partial charge in [0.1, 0.15) is 11.5 Å². The van der Waals surface area contributed by atoms with Gasteiger partial charge in [-0.2, -0.15) is 0 Å². The van der Waals surface area contributed by atoms with Gasteiger partial charge in [0.15, 0.2) is 6.29 Å². The average molecular weight is 505 g/mol. The highest BCUT2D eigenvalue weighted by molar-refractivity contribution is 9.10. The molecule has 166 valence electrons. The molecule has 0 saturated heterocycles. The van der Waals surface area contributed by atoms with E-state index in [1.54, 1.807) is 28.8 Å². The number of rotatable bonds is 6. The van der Waals surface area contributed by atoms with Gasteiger partial charge in [0.05, 0.1) is 5.69 Å². The van der Waals surface area contributed by atoms with E-state index in [0.29, 0.717) is 33.8 Å². The average Bonchev–Trinajstić information content (AvgIpc) is 3.16. The van der Waals surface area contributed by atoms with E-state index in [2.05, 4.69) is 21.2 Å². The third kappa shape index (κ3) is 4.39. The van der Waals surface area contributed by atoms with Gasteiger partial charge in [0.2, 0.25) is 0 Å². The van der Waals surface area contributed by atoms with E-state index in [4.69, 9.17) is 0 Å². The summed E-state index contributed by atoms with van der Waals surface area (Å²) in [6.45, 7) is 3.84. The van der Waals surface area contributed by atoms with Crippen LogP contribution in [0, 0.1) is 5.82 Å². The van der Waals surface area contributed by atoms with Crippen molar-refractivity contribution in [2.24, 2.45) is 0 Å². The van der Waals surface area contributed by atoms with Crippen LogP contribution in [0.3, 0.4) is 0 Å². The van der Waals surface area contributed by atoms with Gasteiger partial charge in [0, 0.05) is 27.3 Å². The molecule has 4 nitrogen and oxygen atoms in total. The topological polar surface area (TPSA) is 51.1 Å². The number of para-hydroxylation sites is 1. The van der Waals surface area contributed by atoms with Gasteiger partial charge in [-0.15, -0.1) is 0 Å². The second kappa shape index (κ2) is 9.55. The van der Waals surface area contributed by atoms with Crippen LogP contribution in [-0.4, -0.2) is 16.8 Å². The molecule has 3 aromatic carbocycles. The molecule has 0 unspecified atom stereocenters. The summed E-state index contributed by atoms with van der Waals surface area (Å²) >= 11 is 3.60. The van der Waals surface area contributed by atoms with Crippen molar-refractivity contribution in [3.8, 4) is 22.3 Å². The number of benzene rings is 3. The molecule has 0 spiro atoms. The van der Waals surface area contributed by atoms with Gasteiger partial charge < -0.3 is 9.88 Å². The van der Waals surface area contributed by atoms with E-state index < -0.39 is 0 Å². The smallest absolute Gasteiger partial charge is 0.272 e. The van der Waals surface area contributed by atoms with E-state index in [1.807, 2.05) is 56.3 Å². The van der Waals surface area contributed by atoms with E-state index in [1.165, 1.54) is 12.1 Å². The lowest BCUT2D eigenvalue weighted by Gasteiger charge is -2.16. The molecule has 0 aliphatic carbocycles. The van der Waals surface area contributed by atoms with Crippen LogP contribution in [0.4, 0.5) is 10.1 Å². The summed E-state index contributed by atoms with van der Waals surface area (Å²) in [5.41, 5.74) is 3.98. The lowest BCUT2D eigenvalue weighted by atomic mass is 9.94. The second-order valence-electron chi connectivity index (χ2n) is 7.87. The van der Waals surface area contributed by atoms with E-state index in [-0.39, 0.29) is 17.8 Å². The highest BCUT2D eigenvalue weighted by atomic mass is 79.9. The van der Waals surface area contributed by atoms with Crippen LogP contribution >= 0.6 is 15.9 Å². The van der Waals surface area contributed by atoms with Crippen LogP contribution in [0.25, 0.3) is 22.3 Å². The maximum absolute atomic E-state index is 13.7. The van der Waals surface area contributed by atoms with Crippen LogP contribution in [0.5, 0.6) is 0 Å². The van der Waals surface area contributed by atoms with Gasteiger partial charge in [0.25, 0.3) is 5.91 Å². The van der Waals surface area contributed by atoms with Crippen LogP contribution in [-0.2, 0) is 0 Å². The summed E-state index contributed by atoms with van der Waals surface area (Å²) in [5, 5.41) is 2.96. The number of hydrogen-bond donors (Lipinski definition) is 1. The zero-order valence-electron chi connectivity index (χ0n) is 18.2. The molecular formula is C27H22BrFN2O2. The van der Waals surface area contributed by atoms with Gasteiger partial charge >= 0.3 is 0 Å². The predicted octanol–water partition coefficient (Wildman–Crippen LogP) is 7.37. The second-order valence-corrected chi connectivity index (χ2v) is 8.73. The summed E-state index contributed by atoms with van der Waals surface area (Å²) in [5.74, 6) is -0.712. The van der Waals surface area contributed by atoms with Crippen LogP contribution in [0.1, 0.15) is 40.9 Å². The van der Waals surface area contributed by atoms with Crippen molar-refractivity contribution in [2.45, 2.75) is 19.9 Å². The Bertz CT molecular complexity index is 1310. The number of amides is 1. The van der Waals surface area contributed by atoms with E-state index in [0.717, 1.165) is 16.3 Å². The van der Waals surface area contributed by atoms with Crippen molar-refractivity contribution in [2.75, 3.05) is 5.32 Å². The largest absolute Gasteiger partial charge is 0.331 e. The molecule has 0 aliphatic heterocycles. The summed E-state index contributed by atoms with van der Waals surface area (Å²) < 4.78 is 16.2. The number of aromatic nitrogens is 1. The van der Waals surface area contributed by atoms with E-state index in [9.17, 15) is 14.0 Å². The van der Waals surface area contributed by atoms with Crippen molar-refractivity contribution in [1.29, 1.82) is 0 Å². The van der Waals surface area contributed by atoms with Gasteiger partial charge in [-0.1, -0.05) is 64.5 Å². The lowest BCUT2D eigenvalue weighted by molar-refractivity contribution is 0.101. The third-order valence-corrected chi connectivity index (χ3v) is 6.09. The zero-order chi connectivity index (χ0) is 23.5. The minimum atomic E-state index is -0.376. The van der Waals surface area contributed by atoms with Crippen molar-refractivity contribution in [3.63, 3.8) is 0 Å². The number of nitrogens with one attached hydrogen (secondary N) is 1. The van der Waals surface area contributed by atoms with Crippen LogP contribution < -0.4 is 5.32 Å². The number of hydrogen-bond acceptors (Lipinski definition) is 2. The third-order valence-electron chi connectivity index (χ3n) is 5.39. The summed E-state index contributed by atoms with van der Waals surface area (Å²) in [4.78, 5) is 26.1. The first kappa shape index (κ1) is 22.7. The Morgan fingerprint density at radius 1 is 0.939 bits per heavy atom. The Labute approximate surface area is 200 Å². The standard InChI is InChI=1S/C27H22BrFN2O2/c1-17(2)31-23(16-32)24(18-12-14-19(29)15-13-18)25(21-10-6-7-11-22(21)28)26(31)27(33)30-20-8-4-3-5-9-20/h3-17H,1-2H3,(H,30,33). The molecule has 1 N–H and O–H groups in total. The van der Waals surface area contributed by atoms with Crippen molar-refractivity contribution in [1.82, 2.24) is 4.57 Å². The maximum Gasteiger partial charge on any atom is 0.272 e. The molecule has 0 radical (unpaired) electrons. The van der Waals surface area contributed by atoms with Crippen LogP contribution in [0.2, 0.25) is 0 Å². The minimum absolute atomic E-state index is 0.183. The molecule has 0 aliphatic rings. The first-order chi connectivity index (χ1) is 15.9. The molecule has 1 aromatic heterocycles. The SMILES string of the molecule is CC(C)n1c(C=O)c(-c2ccc(F)cc2)c(-c2ccccc2Br)c1C(=O)Nc1ccccc1. The fraction of sp³-hybridized carbons (Fsp3) is 0.111. The van der Waals surface area contributed by atoms with Crippen molar-refractivity contribution in [3.05, 3.63) is 101 Å². The normalized spacial score (nSPS) is 10.9. The number of anilines is 1. The van der Waals surface area contributed by atoms with E-state index >= 15 is 0 Å². The number of halogens is 2. The Kier molecular flexibility index (Phi) is 6.56.